The van der Waals surface area contributed by atoms with Gasteiger partial charge >= 0.3 is 6.03 Å². The van der Waals surface area contributed by atoms with Crippen LogP contribution in [0.15, 0.2) is 22.7 Å². The van der Waals surface area contributed by atoms with Crippen LogP contribution >= 0.6 is 15.9 Å². The molecule has 1 aliphatic rings. The molecule has 1 aromatic rings. The first kappa shape index (κ1) is 13.4. The number of amides is 2. The third kappa shape index (κ3) is 2.84. The first-order chi connectivity index (χ1) is 8.61. The van der Waals surface area contributed by atoms with E-state index in [1.807, 2.05) is 25.1 Å². The van der Waals surface area contributed by atoms with E-state index in [1.54, 1.807) is 4.90 Å². The highest BCUT2D eigenvalue weighted by molar-refractivity contribution is 9.10. The van der Waals surface area contributed by atoms with Gasteiger partial charge in [-0.3, -0.25) is 4.90 Å². The van der Waals surface area contributed by atoms with Crippen LogP contribution in [-0.2, 0) is 0 Å². The van der Waals surface area contributed by atoms with E-state index in [1.165, 1.54) is 0 Å². The van der Waals surface area contributed by atoms with Crippen molar-refractivity contribution >= 4 is 27.6 Å². The topological polar surface area (TPSA) is 58.4 Å². The summed E-state index contributed by atoms with van der Waals surface area (Å²) in [6.07, 6.45) is 0.937. The minimum Gasteiger partial charge on any atom is -0.337 e. The number of carbonyl (C=O) groups excluding carboxylic acids is 1. The molecule has 1 fully saturated rings. The molecule has 0 saturated carbocycles. The molecule has 1 atom stereocenters. The Labute approximate surface area is 116 Å². The third-order valence-corrected chi connectivity index (χ3v) is 4.15. The Morgan fingerprint density at radius 2 is 2.33 bits per heavy atom. The Morgan fingerprint density at radius 1 is 1.56 bits per heavy atom. The molecule has 1 aliphatic heterocycles. The second-order valence-electron chi connectivity index (χ2n) is 4.67. The third-order valence-electron chi connectivity index (χ3n) is 3.26. The smallest absolute Gasteiger partial charge is 0.321 e. The number of nitrogens with two attached hydrogens (primary N) is 1. The van der Waals surface area contributed by atoms with E-state index >= 15 is 0 Å². The summed E-state index contributed by atoms with van der Waals surface area (Å²) < 4.78 is 1.06. The van der Waals surface area contributed by atoms with E-state index in [2.05, 4.69) is 21.2 Å². The molecular weight excluding hydrogens is 294 g/mol. The largest absolute Gasteiger partial charge is 0.337 e. The van der Waals surface area contributed by atoms with Gasteiger partial charge in [0.1, 0.15) is 0 Å². The van der Waals surface area contributed by atoms with Crippen molar-refractivity contribution < 1.29 is 4.79 Å². The van der Waals surface area contributed by atoms with Gasteiger partial charge < -0.3 is 11.1 Å². The lowest BCUT2D eigenvalue weighted by Crippen LogP contribution is -2.51. The van der Waals surface area contributed by atoms with Crippen molar-refractivity contribution in [2.24, 2.45) is 11.7 Å². The van der Waals surface area contributed by atoms with Crippen LogP contribution in [0.1, 0.15) is 12.0 Å². The molecule has 0 aliphatic carbocycles. The molecule has 1 unspecified atom stereocenters. The number of carbonyl (C=O) groups is 1. The molecule has 0 spiro atoms. The second-order valence-corrected chi connectivity index (χ2v) is 5.53. The predicted molar refractivity (Wildman–Crippen MR) is 76.8 cm³/mol. The fourth-order valence-corrected chi connectivity index (χ4v) is 2.43. The van der Waals surface area contributed by atoms with Crippen molar-refractivity contribution in [1.82, 2.24) is 5.32 Å². The second kappa shape index (κ2) is 5.71. The summed E-state index contributed by atoms with van der Waals surface area (Å²) in [7, 11) is 0. The van der Waals surface area contributed by atoms with Crippen LogP contribution in [0.3, 0.4) is 0 Å². The minimum atomic E-state index is -0.0232. The highest BCUT2D eigenvalue weighted by Gasteiger charge is 2.25. The van der Waals surface area contributed by atoms with Gasteiger partial charge in [0, 0.05) is 23.2 Å². The molecule has 0 bridgehead atoms. The molecule has 5 heteroatoms. The first-order valence-corrected chi connectivity index (χ1v) is 6.92. The van der Waals surface area contributed by atoms with Gasteiger partial charge in [0.2, 0.25) is 0 Å². The van der Waals surface area contributed by atoms with E-state index in [9.17, 15) is 4.79 Å². The summed E-state index contributed by atoms with van der Waals surface area (Å²) in [6, 6.07) is 5.94. The van der Waals surface area contributed by atoms with Crippen molar-refractivity contribution in [1.29, 1.82) is 0 Å². The van der Waals surface area contributed by atoms with Crippen LogP contribution in [0.2, 0.25) is 0 Å². The number of hydrogen-bond acceptors (Lipinski definition) is 2. The predicted octanol–water partition coefficient (Wildman–Crippen LogP) is 2.25. The number of rotatable bonds is 3. The van der Waals surface area contributed by atoms with Crippen LogP contribution in [0.25, 0.3) is 0 Å². The number of benzene rings is 1. The van der Waals surface area contributed by atoms with Crippen LogP contribution in [0.5, 0.6) is 0 Å². The summed E-state index contributed by atoms with van der Waals surface area (Å²) in [6.45, 7) is 4.15. The summed E-state index contributed by atoms with van der Waals surface area (Å²) in [4.78, 5) is 13.7. The molecule has 18 heavy (non-hydrogen) atoms. The van der Waals surface area contributed by atoms with Crippen LogP contribution < -0.4 is 16.0 Å². The molecule has 1 saturated heterocycles. The summed E-state index contributed by atoms with van der Waals surface area (Å²) >= 11 is 3.47. The van der Waals surface area contributed by atoms with Crippen molar-refractivity contribution in [3.05, 3.63) is 28.2 Å². The number of nitrogens with zero attached hydrogens (tertiary/aromatic N) is 1. The fourth-order valence-electron chi connectivity index (χ4n) is 2.18. The van der Waals surface area contributed by atoms with Gasteiger partial charge in [-0.2, -0.15) is 0 Å². The molecule has 4 nitrogen and oxygen atoms in total. The van der Waals surface area contributed by atoms with E-state index < -0.39 is 0 Å². The molecule has 0 radical (unpaired) electrons. The number of nitrogens with one attached hydrogen (secondary N) is 1. The zero-order chi connectivity index (χ0) is 13.1. The fraction of sp³-hybridized carbons (Fsp3) is 0.462. The van der Waals surface area contributed by atoms with Crippen molar-refractivity contribution in [2.45, 2.75) is 13.3 Å². The Kier molecular flexibility index (Phi) is 4.24. The molecule has 1 heterocycles. The van der Waals surface area contributed by atoms with E-state index in [-0.39, 0.29) is 6.03 Å². The Hall–Kier alpha value is -1.07. The maximum atomic E-state index is 11.9. The normalized spacial score (nSPS) is 19.8. The minimum absolute atomic E-state index is 0.0232. The molecule has 0 aromatic heterocycles. The van der Waals surface area contributed by atoms with Crippen molar-refractivity contribution in [3.63, 3.8) is 0 Å². The lowest BCUT2D eigenvalue weighted by atomic mass is 10.0. The Bertz CT molecular complexity index is 450. The molecular formula is C13H18BrN3O. The number of aryl methyl sites for hydroxylation is 1. The zero-order valence-corrected chi connectivity index (χ0v) is 12.0. The first-order valence-electron chi connectivity index (χ1n) is 6.13. The van der Waals surface area contributed by atoms with Crippen molar-refractivity contribution in [2.75, 3.05) is 24.5 Å². The van der Waals surface area contributed by atoms with Gasteiger partial charge in [-0.15, -0.1) is 0 Å². The molecule has 2 rings (SSSR count). The summed E-state index contributed by atoms with van der Waals surface area (Å²) in [5, 5.41) is 2.92. The highest BCUT2D eigenvalue weighted by atomic mass is 79.9. The molecule has 1 aromatic carbocycles. The lowest BCUT2D eigenvalue weighted by molar-refractivity contribution is 0.236. The van der Waals surface area contributed by atoms with E-state index in [0.29, 0.717) is 12.5 Å². The van der Waals surface area contributed by atoms with Gasteiger partial charge in [-0.1, -0.05) is 15.9 Å². The average molecular weight is 312 g/mol. The number of anilines is 1. The van der Waals surface area contributed by atoms with Gasteiger partial charge in [0.25, 0.3) is 0 Å². The Balaban J connectivity index is 2.18. The van der Waals surface area contributed by atoms with Gasteiger partial charge in [-0.25, -0.2) is 4.79 Å². The zero-order valence-electron chi connectivity index (χ0n) is 10.4. The van der Waals surface area contributed by atoms with Crippen molar-refractivity contribution in [3.8, 4) is 0 Å². The lowest BCUT2D eigenvalue weighted by Gasteiger charge is -2.33. The van der Waals surface area contributed by atoms with E-state index in [4.69, 9.17) is 5.73 Å². The maximum Gasteiger partial charge on any atom is 0.321 e. The van der Waals surface area contributed by atoms with Gasteiger partial charge in [0.15, 0.2) is 0 Å². The standard InChI is InChI=1S/C13H18BrN3O/c1-9-6-11(2-3-12(9)14)17-8-10(4-5-15)7-16-13(17)18/h2-3,6,10H,4-5,7-8,15H2,1H3,(H,16,18). The Morgan fingerprint density at radius 3 is 3.00 bits per heavy atom. The van der Waals surface area contributed by atoms with Crippen LogP contribution in [0, 0.1) is 12.8 Å². The van der Waals surface area contributed by atoms with Crippen LogP contribution in [0.4, 0.5) is 10.5 Å². The number of halogens is 1. The monoisotopic (exact) mass is 311 g/mol. The molecule has 3 N–H and O–H groups in total. The van der Waals surface area contributed by atoms with Gasteiger partial charge in [-0.05, 0) is 49.6 Å². The maximum absolute atomic E-state index is 11.9. The number of hydrogen-bond donors (Lipinski definition) is 2. The van der Waals surface area contributed by atoms with E-state index in [0.717, 1.165) is 35.2 Å². The average Bonchev–Trinajstić information content (AvgIpc) is 2.35. The van der Waals surface area contributed by atoms with Crippen LogP contribution in [-0.4, -0.2) is 25.7 Å². The molecule has 2 amide bonds. The summed E-state index contributed by atoms with van der Waals surface area (Å²) in [5.74, 6) is 0.427. The SMILES string of the molecule is Cc1cc(N2CC(CCN)CNC2=O)ccc1Br. The van der Waals surface area contributed by atoms with Gasteiger partial charge in [0.05, 0.1) is 0 Å². The molecule has 98 valence electrons. The quantitative estimate of drug-likeness (QED) is 0.899. The number of urea groups is 1. The summed E-state index contributed by atoms with van der Waals surface area (Å²) in [5.41, 5.74) is 7.65. The highest BCUT2D eigenvalue weighted by Crippen LogP contribution is 2.25.